The van der Waals surface area contributed by atoms with Crippen LogP contribution in [0.3, 0.4) is 0 Å². The normalized spacial score (nSPS) is 12.2. The number of rotatable bonds is 6. The van der Waals surface area contributed by atoms with Gasteiger partial charge in [0.05, 0.1) is 5.56 Å². The molecule has 0 bridgehead atoms. The Labute approximate surface area is 130 Å². The van der Waals surface area contributed by atoms with Gasteiger partial charge in [0.2, 0.25) is 0 Å². The van der Waals surface area contributed by atoms with Crippen LogP contribution in [-0.4, -0.2) is 18.3 Å². The maximum absolute atomic E-state index is 12.0. The van der Waals surface area contributed by atoms with E-state index in [1.807, 2.05) is 18.2 Å². The SMILES string of the molecule is CCC(CCCl)CNC(=O)c1cc(Br)ccc1Br. The Hall–Kier alpha value is -0.0600. The molecular formula is C13H16Br2ClNO. The second-order valence-corrected chi connectivity index (χ2v) is 6.23. The van der Waals surface area contributed by atoms with Gasteiger partial charge < -0.3 is 5.32 Å². The minimum atomic E-state index is -0.0591. The highest BCUT2D eigenvalue weighted by Gasteiger charge is 2.12. The number of carbonyl (C=O) groups excluding carboxylic acids is 1. The molecule has 0 aliphatic carbocycles. The van der Waals surface area contributed by atoms with Crippen molar-refractivity contribution < 1.29 is 4.79 Å². The Balaban J connectivity index is 2.62. The van der Waals surface area contributed by atoms with Crippen molar-refractivity contribution in [3.05, 3.63) is 32.7 Å². The first kappa shape index (κ1) is 16.0. The maximum Gasteiger partial charge on any atom is 0.252 e. The molecule has 5 heteroatoms. The number of nitrogens with one attached hydrogen (secondary N) is 1. The average molecular weight is 398 g/mol. The summed E-state index contributed by atoms with van der Waals surface area (Å²) in [6, 6.07) is 5.56. The number of hydrogen-bond donors (Lipinski definition) is 1. The third kappa shape index (κ3) is 4.90. The van der Waals surface area contributed by atoms with Gasteiger partial charge in [0.25, 0.3) is 5.91 Å². The van der Waals surface area contributed by atoms with Gasteiger partial charge in [-0.3, -0.25) is 4.79 Å². The van der Waals surface area contributed by atoms with Gasteiger partial charge in [-0.25, -0.2) is 0 Å². The lowest BCUT2D eigenvalue weighted by Crippen LogP contribution is -2.29. The number of benzene rings is 1. The van der Waals surface area contributed by atoms with E-state index in [9.17, 15) is 4.79 Å². The molecule has 2 nitrogen and oxygen atoms in total. The number of carbonyl (C=O) groups is 1. The molecule has 0 heterocycles. The van der Waals surface area contributed by atoms with Crippen LogP contribution >= 0.6 is 43.5 Å². The van der Waals surface area contributed by atoms with Crippen LogP contribution in [0.2, 0.25) is 0 Å². The minimum absolute atomic E-state index is 0.0591. The third-order valence-electron chi connectivity index (χ3n) is 2.82. The molecule has 0 radical (unpaired) electrons. The zero-order chi connectivity index (χ0) is 13.5. The van der Waals surface area contributed by atoms with Gasteiger partial charge in [0, 0.05) is 21.4 Å². The lowest BCUT2D eigenvalue weighted by Gasteiger charge is -2.14. The molecule has 1 atom stereocenters. The number of amides is 1. The Morgan fingerprint density at radius 3 is 2.78 bits per heavy atom. The molecule has 0 aromatic heterocycles. The molecular weight excluding hydrogens is 381 g/mol. The molecule has 1 aromatic carbocycles. The molecule has 1 amide bonds. The van der Waals surface area contributed by atoms with E-state index in [1.54, 1.807) is 0 Å². The van der Waals surface area contributed by atoms with Crippen LogP contribution in [-0.2, 0) is 0 Å². The highest BCUT2D eigenvalue weighted by atomic mass is 79.9. The molecule has 1 aromatic rings. The average Bonchev–Trinajstić information content (AvgIpc) is 2.37. The van der Waals surface area contributed by atoms with E-state index < -0.39 is 0 Å². The summed E-state index contributed by atoms with van der Waals surface area (Å²) >= 11 is 12.5. The Bertz CT molecular complexity index is 412. The van der Waals surface area contributed by atoms with Crippen LogP contribution in [0.25, 0.3) is 0 Å². The molecule has 1 unspecified atom stereocenters. The van der Waals surface area contributed by atoms with Crippen LogP contribution < -0.4 is 5.32 Å². The number of alkyl halides is 1. The van der Waals surface area contributed by atoms with Crippen LogP contribution in [0.5, 0.6) is 0 Å². The summed E-state index contributed by atoms with van der Waals surface area (Å²) in [4.78, 5) is 12.0. The van der Waals surface area contributed by atoms with Gasteiger partial charge in [-0.05, 0) is 46.5 Å². The fourth-order valence-corrected chi connectivity index (χ4v) is 2.70. The first-order valence-electron chi connectivity index (χ1n) is 5.87. The quantitative estimate of drug-likeness (QED) is 0.699. The van der Waals surface area contributed by atoms with Crippen molar-refractivity contribution in [1.29, 1.82) is 0 Å². The molecule has 0 spiro atoms. The van der Waals surface area contributed by atoms with E-state index >= 15 is 0 Å². The molecule has 1 N–H and O–H groups in total. The molecule has 0 fully saturated rings. The van der Waals surface area contributed by atoms with Crippen molar-refractivity contribution in [1.82, 2.24) is 5.32 Å². The van der Waals surface area contributed by atoms with Crippen molar-refractivity contribution in [3.8, 4) is 0 Å². The maximum atomic E-state index is 12.0. The van der Waals surface area contributed by atoms with E-state index in [1.165, 1.54) is 0 Å². The largest absolute Gasteiger partial charge is 0.352 e. The number of halogens is 3. The van der Waals surface area contributed by atoms with Crippen LogP contribution in [0.15, 0.2) is 27.1 Å². The van der Waals surface area contributed by atoms with Crippen molar-refractivity contribution in [2.24, 2.45) is 5.92 Å². The van der Waals surface area contributed by atoms with E-state index in [-0.39, 0.29) is 5.91 Å². The summed E-state index contributed by atoms with van der Waals surface area (Å²) in [7, 11) is 0. The summed E-state index contributed by atoms with van der Waals surface area (Å²) < 4.78 is 1.69. The second kappa shape index (κ2) is 8.18. The van der Waals surface area contributed by atoms with E-state index in [0.29, 0.717) is 23.9 Å². The fourth-order valence-electron chi connectivity index (χ4n) is 1.61. The zero-order valence-electron chi connectivity index (χ0n) is 10.2. The first-order valence-corrected chi connectivity index (χ1v) is 7.99. The van der Waals surface area contributed by atoms with E-state index in [2.05, 4.69) is 44.1 Å². The molecule has 1 rings (SSSR count). The monoisotopic (exact) mass is 395 g/mol. The van der Waals surface area contributed by atoms with Gasteiger partial charge in [0.15, 0.2) is 0 Å². The molecule has 100 valence electrons. The number of hydrogen-bond acceptors (Lipinski definition) is 1. The molecule has 0 saturated carbocycles. The lowest BCUT2D eigenvalue weighted by atomic mass is 10.0. The highest BCUT2D eigenvalue weighted by molar-refractivity contribution is 9.11. The van der Waals surface area contributed by atoms with Crippen molar-refractivity contribution in [3.63, 3.8) is 0 Å². The van der Waals surface area contributed by atoms with Crippen molar-refractivity contribution >= 4 is 49.4 Å². The van der Waals surface area contributed by atoms with Gasteiger partial charge >= 0.3 is 0 Å². The first-order chi connectivity index (χ1) is 8.58. The Morgan fingerprint density at radius 2 is 2.17 bits per heavy atom. The summed E-state index contributed by atoms with van der Waals surface area (Å²) in [5.41, 5.74) is 0.644. The van der Waals surface area contributed by atoms with E-state index in [0.717, 1.165) is 21.8 Å². The van der Waals surface area contributed by atoms with Gasteiger partial charge in [-0.1, -0.05) is 29.3 Å². The topological polar surface area (TPSA) is 29.1 Å². The molecule has 0 aliphatic heterocycles. The van der Waals surface area contributed by atoms with Crippen LogP contribution in [0.4, 0.5) is 0 Å². The standard InChI is InChI=1S/C13H16Br2ClNO/c1-2-9(5-6-16)8-17-13(18)11-7-10(14)3-4-12(11)15/h3-4,7,9H,2,5-6,8H2,1H3,(H,17,18). The smallest absolute Gasteiger partial charge is 0.252 e. The van der Waals surface area contributed by atoms with Gasteiger partial charge in [-0.15, -0.1) is 11.6 Å². The third-order valence-corrected chi connectivity index (χ3v) is 4.22. The summed E-state index contributed by atoms with van der Waals surface area (Å²) in [6.45, 7) is 2.78. The molecule has 18 heavy (non-hydrogen) atoms. The van der Waals surface area contributed by atoms with Crippen molar-refractivity contribution in [2.45, 2.75) is 19.8 Å². The summed E-state index contributed by atoms with van der Waals surface area (Å²) in [6.07, 6.45) is 1.95. The van der Waals surface area contributed by atoms with Gasteiger partial charge in [-0.2, -0.15) is 0 Å². The predicted octanol–water partition coefficient (Wildman–Crippen LogP) is 4.60. The van der Waals surface area contributed by atoms with Crippen LogP contribution in [0.1, 0.15) is 30.1 Å². The lowest BCUT2D eigenvalue weighted by molar-refractivity contribution is 0.0945. The zero-order valence-corrected chi connectivity index (χ0v) is 14.1. The second-order valence-electron chi connectivity index (χ2n) is 4.09. The molecule has 0 aliphatic rings. The predicted molar refractivity (Wildman–Crippen MR) is 83.3 cm³/mol. The van der Waals surface area contributed by atoms with E-state index in [4.69, 9.17) is 11.6 Å². The minimum Gasteiger partial charge on any atom is -0.352 e. The fraction of sp³-hybridized carbons (Fsp3) is 0.462. The highest BCUT2D eigenvalue weighted by Crippen LogP contribution is 2.21. The van der Waals surface area contributed by atoms with Gasteiger partial charge in [0.1, 0.15) is 0 Å². The van der Waals surface area contributed by atoms with Crippen LogP contribution in [0, 0.1) is 5.92 Å². The van der Waals surface area contributed by atoms with Crippen molar-refractivity contribution in [2.75, 3.05) is 12.4 Å². The summed E-state index contributed by atoms with van der Waals surface area (Å²) in [5.74, 6) is 1.02. The Morgan fingerprint density at radius 1 is 1.44 bits per heavy atom. The molecule has 0 saturated heterocycles. The Kier molecular flexibility index (Phi) is 7.27. The summed E-state index contributed by atoms with van der Waals surface area (Å²) in [5, 5.41) is 2.95.